The van der Waals surface area contributed by atoms with Gasteiger partial charge in [-0.2, -0.15) is 0 Å². The number of ether oxygens (including phenoxy) is 2. The van der Waals surface area contributed by atoms with Crippen LogP contribution in [0.1, 0.15) is 21.5 Å². The molecule has 3 aromatic rings. The highest BCUT2D eigenvalue weighted by Crippen LogP contribution is 2.32. The number of benzene rings is 3. The Morgan fingerprint density at radius 2 is 1.59 bits per heavy atom. The first-order valence-corrected chi connectivity index (χ1v) is 9.91. The number of hydrogen-bond acceptors (Lipinski definition) is 4. The number of hydrogen-bond donors (Lipinski definition) is 0. The van der Waals surface area contributed by atoms with E-state index in [2.05, 4.69) is 15.9 Å². The molecule has 0 spiro atoms. The minimum atomic E-state index is -0.299. The average Bonchev–Trinajstić information content (AvgIpc) is 2.73. The van der Waals surface area contributed by atoms with Crippen LogP contribution >= 0.6 is 15.9 Å². The lowest BCUT2D eigenvalue weighted by Crippen LogP contribution is -2.05. The van der Waals surface area contributed by atoms with Crippen molar-refractivity contribution in [2.75, 3.05) is 14.2 Å². The zero-order valence-electron chi connectivity index (χ0n) is 16.3. The van der Waals surface area contributed by atoms with E-state index < -0.39 is 0 Å². The van der Waals surface area contributed by atoms with Crippen molar-refractivity contribution in [3.63, 3.8) is 0 Å². The van der Waals surface area contributed by atoms with Crippen molar-refractivity contribution in [2.45, 2.75) is 12.8 Å². The minimum absolute atomic E-state index is 0.0257. The summed E-state index contributed by atoms with van der Waals surface area (Å²) >= 11 is 3.44. The van der Waals surface area contributed by atoms with Gasteiger partial charge in [-0.05, 0) is 47.0 Å². The van der Waals surface area contributed by atoms with Crippen LogP contribution in [0, 0.1) is 0 Å². The zero-order valence-corrected chi connectivity index (χ0v) is 17.9. The van der Waals surface area contributed by atoms with Crippen molar-refractivity contribution in [2.24, 2.45) is 0 Å². The number of halogens is 1. The van der Waals surface area contributed by atoms with Crippen LogP contribution in [0.3, 0.4) is 0 Å². The van der Waals surface area contributed by atoms with Gasteiger partial charge >= 0.3 is 5.97 Å². The summed E-state index contributed by atoms with van der Waals surface area (Å²) in [6.45, 7) is 0. The Morgan fingerprint density at radius 3 is 2.28 bits per heavy atom. The molecule has 148 valence electrons. The number of carbonyl (C=O) groups is 2. The normalized spacial score (nSPS) is 10.4. The van der Waals surface area contributed by atoms with E-state index in [1.165, 1.54) is 7.11 Å². The maximum atomic E-state index is 12.8. The first-order valence-electron chi connectivity index (χ1n) is 9.12. The number of esters is 1. The highest BCUT2D eigenvalue weighted by molar-refractivity contribution is 9.10. The molecule has 0 saturated heterocycles. The summed E-state index contributed by atoms with van der Waals surface area (Å²) in [4.78, 5) is 24.4. The van der Waals surface area contributed by atoms with Gasteiger partial charge in [-0.15, -0.1) is 0 Å². The van der Waals surface area contributed by atoms with Gasteiger partial charge in [-0.3, -0.25) is 9.59 Å². The lowest BCUT2D eigenvalue weighted by Gasteiger charge is -2.12. The number of carbonyl (C=O) groups excluding carboxylic acids is 2. The molecule has 0 aromatic heterocycles. The molecule has 0 heterocycles. The molecule has 0 aliphatic rings. The Labute approximate surface area is 178 Å². The molecule has 0 aliphatic carbocycles. The Bertz CT molecular complexity index is 1040. The molecule has 0 saturated carbocycles. The molecule has 0 unspecified atom stereocenters. The van der Waals surface area contributed by atoms with Crippen LogP contribution in [-0.2, 0) is 22.4 Å². The average molecular weight is 453 g/mol. The molecule has 0 radical (unpaired) electrons. The summed E-state index contributed by atoms with van der Waals surface area (Å²) in [6.07, 6.45) is 0.502. The van der Waals surface area contributed by atoms with Gasteiger partial charge in [0, 0.05) is 22.0 Å². The molecule has 0 aliphatic heterocycles. The molecule has 0 bridgehead atoms. The monoisotopic (exact) mass is 452 g/mol. The summed E-state index contributed by atoms with van der Waals surface area (Å²) in [6, 6.07) is 20.7. The quantitative estimate of drug-likeness (QED) is 0.362. The molecule has 0 atom stereocenters. The van der Waals surface area contributed by atoms with E-state index >= 15 is 0 Å². The van der Waals surface area contributed by atoms with Crippen molar-refractivity contribution in [3.05, 3.63) is 87.9 Å². The lowest BCUT2D eigenvalue weighted by molar-refractivity contribution is -0.139. The van der Waals surface area contributed by atoms with E-state index in [1.54, 1.807) is 19.2 Å². The van der Waals surface area contributed by atoms with Crippen LogP contribution in [0.5, 0.6) is 5.75 Å². The summed E-state index contributed by atoms with van der Waals surface area (Å²) in [7, 11) is 2.97. The summed E-state index contributed by atoms with van der Waals surface area (Å²) in [5.41, 5.74) is 4.07. The van der Waals surface area contributed by atoms with Crippen LogP contribution in [0.15, 0.2) is 71.2 Å². The second-order valence-corrected chi connectivity index (χ2v) is 7.51. The van der Waals surface area contributed by atoms with Crippen molar-refractivity contribution < 1.29 is 19.1 Å². The Balaban J connectivity index is 1.92. The third-order valence-electron chi connectivity index (χ3n) is 4.59. The van der Waals surface area contributed by atoms with Crippen LogP contribution in [0.2, 0.25) is 0 Å². The van der Waals surface area contributed by atoms with Gasteiger partial charge < -0.3 is 9.47 Å². The lowest BCUT2D eigenvalue weighted by atomic mass is 9.96. The Hall–Kier alpha value is -2.92. The predicted molar refractivity (Wildman–Crippen MR) is 116 cm³/mol. The molecular weight excluding hydrogens is 432 g/mol. The zero-order chi connectivity index (χ0) is 20.8. The predicted octanol–water partition coefficient (Wildman–Crippen LogP) is 5.27. The van der Waals surface area contributed by atoms with Gasteiger partial charge in [0.05, 0.1) is 20.6 Å². The molecule has 5 heteroatoms. The fourth-order valence-corrected chi connectivity index (χ4v) is 3.58. The van der Waals surface area contributed by atoms with Gasteiger partial charge in [0.1, 0.15) is 5.75 Å². The van der Waals surface area contributed by atoms with E-state index in [0.717, 1.165) is 26.7 Å². The topological polar surface area (TPSA) is 52.6 Å². The third-order valence-corrected chi connectivity index (χ3v) is 5.08. The largest absolute Gasteiger partial charge is 0.496 e. The van der Waals surface area contributed by atoms with E-state index in [0.29, 0.717) is 17.7 Å². The molecule has 0 N–H and O–H groups in total. The highest BCUT2D eigenvalue weighted by Gasteiger charge is 2.14. The molecule has 29 heavy (non-hydrogen) atoms. The van der Waals surface area contributed by atoms with E-state index in [9.17, 15) is 9.59 Å². The number of Topliss-reactive ketones (excluding diaryl/α,β-unsaturated/α-hetero) is 1. The molecule has 4 nitrogen and oxygen atoms in total. The first kappa shape index (κ1) is 20.8. The second kappa shape index (κ2) is 9.52. The Kier molecular flexibility index (Phi) is 6.83. The van der Waals surface area contributed by atoms with E-state index in [4.69, 9.17) is 9.47 Å². The van der Waals surface area contributed by atoms with Gasteiger partial charge in [0.2, 0.25) is 0 Å². The van der Waals surface area contributed by atoms with E-state index in [1.807, 2.05) is 54.6 Å². The fourth-order valence-electron chi connectivity index (χ4n) is 3.13. The molecule has 0 fully saturated rings. The van der Waals surface area contributed by atoms with Crippen molar-refractivity contribution in [1.29, 1.82) is 0 Å². The van der Waals surface area contributed by atoms with Gasteiger partial charge in [0.15, 0.2) is 5.78 Å². The molecule has 3 rings (SSSR count). The molecule has 0 amide bonds. The van der Waals surface area contributed by atoms with Crippen LogP contribution in [0.4, 0.5) is 0 Å². The van der Waals surface area contributed by atoms with Gasteiger partial charge in [-0.1, -0.05) is 52.3 Å². The smallest absolute Gasteiger partial charge is 0.309 e. The standard InChI is InChI=1S/C24H21BrO4/c1-28-23-10-9-19(22(26)13-17-6-4-8-20(25)12-17)15-21(23)18-7-3-5-16(11-18)14-24(27)29-2/h3-12,15H,13-14H2,1-2H3. The number of methoxy groups -OCH3 is 2. The Morgan fingerprint density at radius 1 is 0.862 bits per heavy atom. The maximum Gasteiger partial charge on any atom is 0.309 e. The first-order chi connectivity index (χ1) is 14.0. The van der Waals surface area contributed by atoms with Crippen LogP contribution < -0.4 is 4.74 Å². The molecule has 3 aromatic carbocycles. The van der Waals surface area contributed by atoms with E-state index in [-0.39, 0.29) is 18.2 Å². The highest BCUT2D eigenvalue weighted by atomic mass is 79.9. The van der Waals surface area contributed by atoms with Crippen LogP contribution in [-0.4, -0.2) is 26.0 Å². The van der Waals surface area contributed by atoms with Crippen molar-refractivity contribution in [1.82, 2.24) is 0 Å². The summed E-state index contributed by atoms with van der Waals surface area (Å²) < 4.78 is 11.2. The number of ketones is 1. The number of rotatable bonds is 7. The summed E-state index contributed by atoms with van der Waals surface area (Å²) in [5.74, 6) is 0.393. The molecular formula is C24H21BrO4. The van der Waals surface area contributed by atoms with Gasteiger partial charge in [-0.25, -0.2) is 0 Å². The van der Waals surface area contributed by atoms with Crippen molar-refractivity contribution >= 4 is 27.7 Å². The van der Waals surface area contributed by atoms with Gasteiger partial charge in [0.25, 0.3) is 0 Å². The SMILES string of the molecule is COC(=O)Cc1cccc(-c2cc(C(=O)Cc3cccc(Br)c3)ccc2OC)c1. The summed E-state index contributed by atoms with van der Waals surface area (Å²) in [5, 5.41) is 0. The second-order valence-electron chi connectivity index (χ2n) is 6.60. The maximum absolute atomic E-state index is 12.8. The van der Waals surface area contributed by atoms with Crippen LogP contribution in [0.25, 0.3) is 11.1 Å². The minimum Gasteiger partial charge on any atom is -0.496 e. The third kappa shape index (κ3) is 5.33. The fraction of sp³-hybridized carbons (Fsp3) is 0.167. The van der Waals surface area contributed by atoms with Crippen molar-refractivity contribution in [3.8, 4) is 16.9 Å².